The van der Waals surface area contributed by atoms with Crippen LogP contribution in [0.2, 0.25) is 0 Å². The van der Waals surface area contributed by atoms with Crippen LogP contribution in [0.4, 0.5) is 0 Å². The van der Waals surface area contributed by atoms with Gasteiger partial charge in [0.15, 0.2) is 0 Å². The van der Waals surface area contributed by atoms with Crippen molar-refractivity contribution in [2.75, 3.05) is 6.61 Å². The fourth-order valence-corrected chi connectivity index (χ4v) is 1.51. The molecule has 0 radical (unpaired) electrons. The van der Waals surface area contributed by atoms with Crippen LogP contribution < -0.4 is 10.2 Å². The van der Waals surface area contributed by atoms with Gasteiger partial charge in [-0.05, 0) is 36.4 Å². The molecule has 2 N–H and O–H groups in total. The number of carbonyl (C=O) groups is 1. The molecule has 20 heavy (non-hydrogen) atoms. The van der Waals surface area contributed by atoms with Crippen molar-refractivity contribution in [3.05, 3.63) is 66.5 Å². The van der Waals surface area contributed by atoms with Crippen molar-refractivity contribution in [1.82, 2.24) is 10.4 Å². The van der Waals surface area contributed by atoms with E-state index in [0.29, 0.717) is 17.9 Å². The predicted octanol–water partition coefficient (Wildman–Crippen LogP) is 2.34. The minimum atomic E-state index is -0.275. The zero-order valence-electron chi connectivity index (χ0n) is 10.9. The van der Waals surface area contributed by atoms with Crippen LogP contribution in [0.25, 0.3) is 0 Å². The number of ether oxygens (including phenoxy) is 1. The third kappa shape index (κ3) is 3.84. The molecule has 0 unspecified atom stereocenters. The molecule has 0 aliphatic heterocycles. The van der Waals surface area contributed by atoms with Gasteiger partial charge in [-0.2, -0.15) is 5.10 Å². The number of carbonyl (C=O) groups excluding carboxylic acids is 1. The third-order valence-corrected chi connectivity index (χ3v) is 2.48. The Morgan fingerprint density at radius 2 is 2.15 bits per heavy atom. The van der Waals surface area contributed by atoms with Gasteiger partial charge in [0, 0.05) is 11.8 Å². The number of H-pyrrole nitrogens is 1. The topological polar surface area (TPSA) is 66.5 Å². The highest BCUT2D eigenvalue weighted by Crippen LogP contribution is 2.12. The largest absolute Gasteiger partial charge is 0.490 e. The summed E-state index contributed by atoms with van der Waals surface area (Å²) in [5, 5.41) is 3.86. The van der Waals surface area contributed by atoms with Crippen LogP contribution in [-0.2, 0) is 0 Å². The van der Waals surface area contributed by atoms with E-state index in [4.69, 9.17) is 4.74 Å². The molecular weight excluding hydrogens is 254 g/mol. The maximum absolute atomic E-state index is 11.8. The molecule has 0 bridgehead atoms. The van der Waals surface area contributed by atoms with Gasteiger partial charge in [-0.1, -0.05) is 12.7 Å². The Morgan fingerprint density at radius 3 is 2.80 bits per heavy atom. The van der Waals surface area contributed by atoms with Gasteiger partial charge in [0.25, 0.3) is 5.91 Å². The number of hydrazone groups is 1. The number of nitrogens with one attached hydrogen (secondary N) is 2. The molecule has 0 fully saturated rings. The quantitative estimate of drug-likeness (QED) is 0.480. The summed E-state index contributed by atoms with van der Waals surface area (Å²) in [6.45, 7) is 4.01. The molecule has 1 aromatic heterocycles. The number of benzene rings is 1. The highest BCUT2D eigenvalue weighted by molar-refractivity contribution is 5.94. The molecule has 1 amide bonds. The Labute approximate surface area is 117 Å². The van der Waals surface area contributed by atoms with Crippen LogP contribution in [0.15, 0.2) is 60.4 Å². The van der Waals surface area contributed by atoms with E-state index in [0.717, 1.165) is 5.69 Å². The standard InChI is InChI=1S/C15H15N3O2/c1-2-10-20-14-7-5-12(6-8-14)15(19)18-17-11-13-4-3-9-16-13/h2-9,11,16H,1,10H2,(H,18,19)/b17-11+. The SMILES string of the molecule is C=CCOc1ccc(C(=O)N/N=C/c2ccc[nH]2)cc1. The van der Waals surface area contributed by atoms with Crippen molar-refractivity contribution in [2.24, 2.45) is 5.10 Å². The smallest absolute Gasteiger partial charge is 0.271 e. The molecule has 0 aliphatic carbocycles. The molecule has 5 nitrogen and oxygen atoms in total. The molecule has 0 spiro atoms. The molecule has 2 aromatic rings. The summed E-state index contributed by atoms with van der Waals surface area (Å²) >= 11 is 0. The minimum absolute atomic E-state index is 0.275. The molecule has 0 saturated carbocycles. The molecule has 0 aliphatic rings. The van der Waals surface area contributed by atoms with E-state index in [-0.39, 0.29) is 5.91 Å². The van der Waals surface area contributed by atoms with Crippen molar-refractivity contribution < 1.29 is 9.53 Å². The molecule has 2 rings (SSSR count). The van der Waals surface area contributed by atoms with Crippen molar-refractivity contribution in [3.63, 3.8) is 0 Å². The van der Waals surface area contributed by atoms with E-state index in [9.17, 15) is 4.79 Å². The fourth-order valence-electron chi connectivity index (χ4n) is 1.51. The first-order valence-electron chi connectivity index (χ1n) is 6.10. The second-order valence-electron chi connectivity index (χ2n) is 3.95. The average molecular weight is 269 g/mol. The molecule has 1 heterocycles. The van der Waals surface area contributed by atoms with Gasteiger partial charge >= 0.3 is 0 Å². The molecule has 1 aromatic carbocycles. The lowest BCUT2D eigenvalue weighted by molar-refractivity contribution is 0.0955. The van der Waals surface area contributed by atoms with E-state index in [2.05, 4.69) is 22.1 Å². The first kappa shape index (κ1) is 13.6. The van der Waals surface area contributed by atoms with Crippen LogP contribution in [0, 0.1) is 0 Å². The summed E-state index contributed by atoms with van der Waals surface area (Å²) in [6, 6.07) is 10.5. The number of amides is 1. The van der Waals surface area contributed by atoms with Crippen LogP contribution in [0.5, 0.6) is 5.75 Å². The Balaban J connectivity index is 1.90. The second kappa shape index (κ2) is 6.94. The average Bonchev–Trinajstić information content (AvgIpc) is 2.99. The summed E-state index contributed by atoms with van der Waals surface area (Å²) in [5.41, 5.74) is 3.78. The van der Waals surface area contributed by atoms with Gasteiger partial charge in [0.2, 0.25) is 0 Å². The predicted molar refractivity (Wildman–Crippen MR) is 78.0 cm³/mol. The van der Waals surface area contributed by atoms with Gasteiger partial charge in [0.1, 0.15) is 12.4 Å². The van der Waals surface area contributed by atoms with Crippen LogP contribution in [0.3, 0.4) is 0 Å². The normalized spacial score (nSPS) is 10.4. The van der Waals surface area contributed by atoms with E-state index in [1.54, 1.807) is 42.8 Å². The molecule has 0 atom stereocenters. The first-order chi connectivity index (χ1) is 9.79. The van der Waals surface area contributed by atoms with E-state index < -0.39 is 0 Å². The van der Waals surface area contributed by atoms with E-state index >= 15 is 0 Å². The number of rotatable bonds is 6. The number of hydrogen-bond acceptors (Lipinski definition) is 3. The van der Waals surface area contributed by atoms with Gasteiger partial charge in [-0.15, -0.1) is 0 Å². The lowest BCUT2D eigenvalue weighted by atomic mass is 10.2. The maximum Gasteiger partial charge on any atom is 0.271 e. The monoisotopic (exact) mass is 269 g/mol. The Bertz CT molecular complexity index is 586. The highest BCUT2D eigenvalue weighted by atomic mass is 16.5. The highest BCUT2D eigenvalue weighted by Gasteiger charge is 2.03. The first-order valence-corrected chi connectivity index (χ1v) is 6.10. The van der Waals surface area contributed by atoms with Crippen molar-refractivity contribution in [3.8, 4) is 5.75 Å². The lowest BCUT2D eigenvalue weighted by Crippen LogP contribution is -2.17. The van der Waals surface area contributed by atoms with Gasteiger partial charge < -0.3 is 9.72 Å². The summed E-state index contributed by atoms with van der Waals surface area (Å²) in [7, 11) is 0. The Kier molecular flexibility index (Phi) is 4.72. The number of aromatic amines is 1. The van der Waals surface area contributed by atoms with Crippen LogP contribution >= 0.6 is 0 Å². The molecule has 0 saturated heterocycles. The maximum atomic E-state index is 11.8. The second-order valence-corrected chi connectivity index (χ2v) is 3.95. The van der Waals surface area contributed by atoms with Gasteiger partial charge in [-0.3, -0.25) is 4.79 Å². The minimum Gasteiger partial charge on any atom is -0.490 e. The summed E-state index contributed by atoms with van der Waals surface area (Å²) in [5.74, 6) is 0.416. The summed E-state index contributed by atoms with van der Waals surface area (Å²) < 4.78 is 5.34. The fraction of sp³-hybridized carbons (Fsp3) is 0.0667. The zero-order chi connectivity index (χ0) is 14.2. The number of nitrogens with zero attached hydrogens (tertiary/aromatic N) is 1. The van der Waals surface area contributed by atoms with Gasteiger partial charge in [-0.25, -0.2) is 5.43 Å². The molecule has 102 valence electrons. The molecular formula is C15H15N3O2. The summed E-state index contributed by atoms with van der Waals surface area (Å²) in [4.78, 5) is 14.8. The Morgan fingerprint density at radius 1 is 1.35 bits per heavy atom. The van der Waals surface area contributed by atoms with Gasteiger partial charge in [0.05, 0.1) is 11.9 Å². The Hall–Kier alpha value is -2.82. The third-order valence-electron chi connectivity index (χ3n) is 2.48. The molecule has 5 heteroatoms. The number of aromatic nitrogens is 1. The number of hydrogen-bond donors (Lipinski definition) is 2. The van der Waals surface area contributed by atoms with Crippen LogP contribution in [-0.4, -0.2) is 23.7 Å². The van der Waals surface area contributed by atoms with Crippen molar-refractivity contribution >= 4 is 12.1 Å². The van der Waals surface area contributed by atoms with E-state index in [1.807, 2.05) is 12.1 Å². The summed E-state index contributed by atoms with van der Waals surface area (Å²) in [6.07, 6.45) is 4.99. The van der Waals surface area contributed by atoms with E-state index in [1.165, 1.54) is 0 Å². The van der Waals surface area contributed by atoms with Crippen molar-refractivity contribution in [2.45, 2.75) is 0 Å². The van der Waals surface area contributed by atoms with Crippen LogP contribution in [0.1, 0.15) is 16.1 Å². The lowest BCUT2D eigenvalue weighted by Gasteiger charge is -2.04. The van der Waals surface area contributed by atoms with Crippen molar-refractivity contribution in [1.29, 1.82) is 0 Å². The zero-order valence-corrected chi connectivity index (χ0v) is 10.9.